The first kappa shape index (κ1) is 17.1. The Hall–Kier alpha value is -2.77. The predicted molar refractivity (Wildman–Crippen MR) is 90.5 cm³/mol. The number of likely N-dealkylation sites (tertiary alicyclic amines) is 1. The summed E-state index contributed by atoms with van der Waals surface area (Å²) in [5.41, 5.74) is 0. The number of hydrogen-bond acceptors (Lipinski definition) is 4. The minimum Gasteiger partial charge on any atom is -0.465 e. The summed E-state index contributed by atoms with van der Waals surface area (Å²) < 4.78 is 5.16. The zero-order chi connectivity index (χ0) is 17.6. The Morgan fingerprint density at radius 1 is 1.32 bits per heavy atom. The van der Waals surface area contributed by atoms with Crippen molar-refractivity contribution in [1.29, 1.82) is 0 Å². The van der Waals surface area contributed by atoms with Crippen LogP contribution in [0.1, 0.15) is 18.6 Å². The lowest BCUT2D eigenvalue weighted by Gasteiger charge is -2.31. The van der Waals surface area contributed by atoms with E-state index in [1.54, 1.807) is 29.4 Å². The SMILES string of the molecule is O=C(C=Cc1ccco1)N1CCC(CNC(=O)N2CCNC2=O)CC1. The van der Waals surface area contributed by atoms with Crippen molar-refractivity contribution >= 4 is 24.0 Å². The zero-order valence-corrected chi connectivity index (χ0v) is 13.9. The molecule has 3 rings (SSSR count). The van der Waals surface area contributed by atoms with Crippen LogP contribution in [0.25, 0.3) is 6.08 Å². The predicted octanol–water partition coefficient (Wildman–Crippen LogP) is 1.27. The summed E-state index contributed by atoms with van der Waals surface area (Å²) in [4.78, 5) is 38.5. The molecular weight excluding hydrogens is 324 g/mol. The molecule has 5 amide bonds. The molecule has 0 unspecified atom stereocenters. The van der Waals surface area contributed by atoms with Gasteiger partial charge in [-0.25, -0.2) is 14.5 Å². The fraction of sp³-hybridized carbons (Fsp3) is 0.471. The Bertz CT molecular complexity index is 648. The summed E-state index contributed by atoms with van der Waals surface area (Å²) in [7, 11) is 0. The van der Waals surface area contributed by atoms with E-state index >= 15 is 0 Å². The average molecular weight is 346 g/mol. The molecule has 134 valence electrons. The number of furan rings is 1. The van der Waals surface area contributed by atoms with Gasteiger partial charge in [0.1, 0.15) is 5.76 Å². The Kier molecular flexibility index (Phi) is 5.37. The highest BCUT2D eigenvalue weighted by molar-refractivity contribution is 5.95. The Balaban J connectivity index is 1.39. The van der Waals surface area contributed by atoms with E-state index in [0.29, 0.717) is 44.4 Å². The normalized spacial score (nSPS) is 18.6. The van der Waals surface area contributed by atoms with Crippen molar-refractivity contribution in [2.75, 3.05) is 32.7 Å². The van der Waals surface area contributed by atoms with Gasteiger partial charge < -0.3 is 20.0 Å². The van der Waals surface area contributed by atoms with Crippen LogP contribution in [-0.4, -0.2) is 60.5 Å². The minimum absolute atomic E-state index is 0.0346. The van der Waals surface area contributed by atoms with E-state index in [1.807, 2.05) is 0 Å². The standard InChI is InChI=1S/C17H22N4O4/c22-15(4-3-14-2-1-11-25-14)20-8-5-13(6-9-20)12-19-17(24)21-10-7-18-16(21)23/h1-4,11,13H,5-10,12H2,(H,18,23)(H,19,24). The summed E-state index contributed by atoms with van der Waals surface area (Å²) in [6, 6.07) is 2.87. The molecule has 1 aromatic heterocycles. The van der Waals surface area contributed by atoms with Crippen LogP contribution < -0.4 is 10.6 Å². The van der Waals surface area contributed by atoms with Crippen LogP contribution in [0.2, 0.25) is 0 Å². The lowest BCUT2D eigenvalue weighted by Crippen LogP contribution is -2.45. The smallest absolute Gasteiger partial charge is 0.325 e. The quantitative estimate of drug-likeness (QED) is 0.803. The molecule has 0 aliphatic carbocycles. The lowest BCUT2D eigenvalue weighted by atomic mass is 9.97. The van der Waals surface area contributed by atoms with Gasteiger partial charge in [-0.2, -0.15) is 0 Å². The molecule has 8 heteroatoms. The fourth-order valence-corrected chi connectivity index (χ4v) is 2.99. The van der Waals surface area contributed by atoms with Crippen LogP contribution in [0.4, 0.5) is 9.59 Å². The molecule has 0 atom stereocenters. The maximum atomic E-state index is 12.2. The average Bonchev–Trinajstić information content (AvgIpc) is 3.29. The van der Waals surface area contributed by atoms with E-state index < -0.39 is 0 Å². The van der Waals surface area contributed by atoms with E-state index in [2.05, 4.69) is 10.6 Å². The molecule has 2 aliphatic rings. The molecule has 2 fully saturated rings. The fourth-order valence-electron chi connectivity index (χ4n) is 2.99. The molecule has 3 heterocycles. The van der Waals surface area contributed by atoms with Gasteiger partial charge in [0, 0.05) is 38.8 Å². The summed E-state index contributed by atoms with van der Waals surface area (Å²) in [6.07, 6.45) is 6.40. The number of amides is 5. The van der Waals surface area contributed by atoms with E-state index in [0.717, 1.165) is 12.8 Å². The number of rotatable bonds is 4. The Morgan fingerprint density at radius 2 is 2.12 bits per heavy atom. The van der Waals surface area contributed by atoms with Gasteiger partial charge in [-0.15, -0.1) is 0 Å². The van der Waals surface area contributed by atoms with Crippen molar-refractivity contribution in [2.24, 2.45) is 5.92 Å². The maximum absolute atomic E-state index is 12.2. The maximum Gasteiger partial charge on any atom is 0.325 e. The van der Waals surface area contributed by atoms with E-state index in [1.165, 1.54) is 11.0 Å². The van der Waals surface area contributed by atoms with Gasteiger partial charge in [0.15, 0.2) is 0 Å². The molecular formula is C17H22N4O4. The zero-order valence-electron chi connectivity index (χ0n) is 13.9. The van der Waals surface area contributed by atoms with Crippen LogP contribution in [0.3, 0.4) is 0 Å². The number of urea groups is 2. The highest BCUT2D eigenvalue weighted by Crippen LogP contribution is 2.17. The highest BCUT2D eigenvalue weighted by Gasteiger charge is 2.27. The van der Waals surface area contributed by atoms with E-state index in [9.17, 15) is 14.4 Å². The molecule has 0 bridgehead atoms. The van der Waals surface area contributed by atoms with Crippen LogP contribution in [0, 0.1) is 5.92 Å². The van der Waals surface area contributed by atoms with E-state index in [-0.39, 0.29) is 18.0 Å². The molecule has 2 saturated heterocycles. The molecule has 0 spiro atoms. The largest absolute Gasteiger partial charge is 0.465 e. The van der Waals surface area contributed by atoms with Gasteiger partial charge in [-0.3, -0.25) is 4.79 Å². The summed E-state index contributed by atoms with van der Waals surface area (Å²) >= 11 is 0. The van der Waals surface area contributed by atoms with Gasteiger partial charge in [-0.05, 0) is 37.0 Å². The first-order valence-electron chi connectivity index (χ1n) is 8.47. The molecule has 1 aromatic rings. The molecule has 8 nitrogen and oxygen atoms in total. The highest BCUT2D eigenvalue weighted by atomic mass is 16.3. The van der Waals surface area contributed by atoms with Crippen LogP contribution in [-0.2, 0) is 4.79 Å². The van der Waals surface area contributed by atoms with Gasteiger partial charge >= 0.3 is 12.1 Å². The lowest BCUT2D eigenvalue weighted by molar-refractivity contribution is -0.127. The number of carbonyl (C=O) groups excluding carboxylic acids is 3. The Labute approximate surface area is 145 Å². The molecule has 2 N–H and O–H groups in total. The third kappa shape index (κ3) is 4.40. The minimum atomic E-state index is -0.352. The van der Waals surface area contributed by atoms with Crippen molar-refractivity contribution in [3.05, 3.63) is 30.2 Å². The second kappa shape index (κ2) is 7.87. The summed E-state index contributed by atoms with van der Waals surface area (Å²) in [5.74, 6) is 0.928. The molecule has 0 radical (unpaired) electrons. The van der Waals surface area contributed by atoms with Crippen molar-refractivity contribution < 1.29 is 18.8 Å². The van der Waals surface area contributed by atoms with Crippen LogP contribution in [0.15, 0.2) is 28.9 Å². The number of imide groups is 1. The number of nitrogens with one attached hydrogen (secondary N) is 2. The van der Waals surface area contributed by atoms with Crippen LogP contribution in [0.5, 0.6) is 0 Å². The van der Waals surface area contributed by atoms with E-state index in [4.69, 9.17) is 4.42 Å². The monoisotopic (exact) mass is 346 g/mol. The second-order valence-electron chi connectivity index (χ2n) is 6.19. The first-order chi connectivity index (χ1) is 12.1. The van der Waals surface area contributed by atoms with Gasteiger partial charge in [0.2, 0.25) is 5.91 Å². The van der Waals surface area contributed by atoms with Crippen molar-refractivity contribution in [3.8, 4) is 0 Å². The van der Waals surface area contributed by atoms with Crippen molar-refractivity contribution in [3.63, 3.8) is 0 Å². The molecule has 25 heavy (non-hydrogen) atoms. The van der Waals surface area contributed by atoms with Crippen molar-refractivity contribution in [1.82, 2.24) is 20.4 Å². The number of hydrogen-bond donors (Lipinski definition) is 2. The van der Waals surface area contributed by atoms with Gasteiger partial charge in [0.05, 0.1) is 6.26 Å². The second-order valence-corrected chi connectivity index (χ2v) is 6.19. The first-order valence-corrected chi connectivity index (χ1v) is 8.47. The molecule has 0 saturated carbocycles. The van der Waals surface area contributed by atoms with Gasteiger partial charge in [0.25, 0.3) is 0 Å². The topological polar surface area (TPSA) is 94.9 Å². The number of nitrogens with zero attached hydrogens (tertiary/aromatic N) is 2. The Morgan fingerprint density at radius 3 is 2.76 bits per heavy atom. The van der Waals surface area contributed by atoms with Crippen molar-refractivity contribution in [2.45, 2.75) is 12.8 Å². The van der Waals surface area contributed by atoms with Gasteiger partial charge in [-0.1, -0.05) is 0 Å². The molecule has 2 aliphatic heterocycles. The third-order valence-electron chi connectivity index (χ3n) is 4.50. The molecule has 0 aromatic carbocycles. The summed E-state index contributed by atoms with van der Waals surface area (Å²) in [5, 5.41) is 5.41. The summed E-state index contributed by atoms with van der Waals surface area (Å²) in [6.45, 7) is 2.74. The van der Waals surface area contributed by atoms with Crippen LogP contribution >= 0.6 is 0 Å². The number of piperidine rings is 1. The number of carbonyl (C=O) groups is 3. The third-order valence-corrected chi connectivity index (χ3v) is 4.50.